The van der Waals surface area contributed by atoms with Crippen molar-refractivity contribution >= 4 is 17.8 Å². The molecule has 0 aliphatic carbocycles. The summed E-state index contributed by atoms with van der Waals surface area (Å²) < 4.78 is 18.2. The third-order valence-corrected chi connectivity index (χ3v) is 4.97. The molecule has 3 aromatic rings. The molecule has 0 saturated carbocycles. The first kappa shape index (κ1) is 19.4. The van der Waals surface area contributed by atoms with Gasteiger partial charge in [0.1, 0.15) is 5.82 Å². The Morgan fingerprint density at radius 2 is 1.87 bits per heavy atom. The molecule has 0 saturated heterocycles. The van der Waals surface area contributed by atoms with Crippen molar-refractivity contribution in [1.29, 1.82) is 0 Å². The van der Waals surface area contributed by atoms with Gasteiger partial charge in [0.2, 0.25) is 0 Å². The van der Waals surface area contributed by atoms with E-state index in [0.29, 0.717) is 30.0 Å². The molecule has 1 heterocycles. The van der Waals surface area contributed by atoms with E-state index < -0.39 is 0 Å². The van der Waals surface area contributed by atoms with Gasteiger partial charge in [0.05, 0.1) is 13.3 Å². The predicted octanol–water partition coefficient (Wildman–Crippen LogP) is 3.82. The molecule has 1 amide bonds. The largest absolute Gasteiger partial charge is 0.504 e. The number of hydrogen-bond acceptors (Lipinski definition) is 5. The van der Waals surface area contributed by atoms with E-state index in [9.17, 15) is 14.3 Å². The molecular formula is C23H20FN3O3. The molecule has 2 N–H and O–H groups in total. The van der Waals surface area contributed by atoms with Crippen LogP contribution in [0.5, 0.6) is 11.5 Å². The number of ether oxygens (including phenoxy) is 1. The van der Waals surface area contributed by atoms with E-state index in [1.54, 1.807) is 30.3 Å². The van der Waals surface area contributed by atoms with Crippen LogP contribution in [0.1, 0.15) is 27.0 Å². The number of anilines is 1. The minimum Gasteiger partial charge on any atom is -0.504 e. The lowest BCUT2D eigenvalue weighted by molar-refractivity contribution is 0.0955. The summed E-state index contributed by atoms with van der Waals surface area (Å²) in [5.74, 6) is -0.220. The van der Waals surface area contributed by atoms with Crippen molar-refractivity contribution in [2.45, 2.75) is 13.1 Å². The maximum atomic E-state index is 13.2. The maximum absolute atomic E-state index is 13.2. The molecule has 4 rings (SSSR count). The molecule has 1 aliphatic rings. The number of amides is 1. The van der Waals surface area contributed by atoms with Crippen LogP contribution >= 0.6 is 0 Å². The molecule has 3 aromatic carbocycles. The van der Waals surface area contributed by atoms with Gasteiger partial charge in [-0.2, -0.15) is 5.10 Å². The molecule has 0 radical (unpaired) electrons. The zero-order valence-corrected chi connectivity index (χ0v) is 16.3. The summed E-state index contributed by atoms with van der Waals surface area (Å²) in [5.41, 5.74) is 6.82. The third-order valence-electron chi connectivity index (χ3n) is 4.97. The first-order chi connectivity index (χ1) is 14.5. The maximum Gasteiger partial charge on any atom is 0.271 e. The number of aromatic hydroxyl groups is 1. The number of nitrogens with zero attached hydrogens (tertiary/aromatic N) is 2. The number of carbonyl (C=O) groups is 1. The smallest absolute Gasteiger partial charge is 0.271 e. The summed E-state index contributed by atoms with van der Waals surface area (Å²) in [4.78, 5) is 14.6. The first-order valence-corrected chi connectivity index (χ1v) is 9.36. The Morgan fingerprint density at radius 1 is 1.10 bits per heavy atom. The molecule has 7 heteroatoms. The Labute approximate surface area is 173 Å². The van der Waals surface area contributed by atoms with Crippen LogP contribution in [0.2, 0.25) is 0 Å². The van der Waals surface area contributed by atoms with E-state index in [1.165, 1.54) is 31.5 Å². The van der Waals surface area contributed by atoms with Crippen molar-refractivity contribution in [2.24, 2.45) is 5.10 Å². The van der Waals surface area contributed by atoms with Gasteiger partial charge in [-0.25, -0.2) is 9.82 Å². The Hall–Kier alpha value is -3.87. The van der Waals surface area contributed by atoms with E-state index in [-0.39, 0.29) is 17.5 Å². The second kappa shape index (κ2) is 8.24. The number of hydrazone groups is 1. The van der Waals surface area contributed by atoms with Crippen LogP contribution in [-0.2, 0) is 13.1 Å². The summed E-state index contributed by atoms with van der Waals surface area (Å²) in [5, 5.41) is 13.6. The van der Waals surface area contributed by atoms with Gasteiger partial charge in [0.25, 0.3) is 5.91 Å². The molecule has 0 atom stereocenters. The van der Waals surface area contributed by atoms with Crippen molar-refractivity contribution in [3.63, 3.8) is 0 Å². The molecule has 152 valence electrons. The summed E-state index contributed by atoms with van der Waals surface area (Å²) in [6.45, 7) is 1.36. The quantitative estimate of drug-likeness (QED) is 0.500. The van der Waals surface area contributed by atoms with E-state index in [1.807, 2.05) is 12.1 Å². The van der Waals surface area contributed by atoms with Gasteiger partial charge in [-0.15, -0.1) is 0 Å². The molecular weight excluding hydrogens is 385 g/mol. The molecule has 0 spiro atoms. The lowest BCUT2D eigenvalue weighted by Gasteiger charge is -2.17. The number of halogens is 1. The van der Waals surface area contributed by atoms with Gasteiger partial charge >= 0.3 is 0 Å². The molecule has 1 aliphatic heterocycles. The van der Waals surface area contributed by atoms with Crippen molar-refractivity contribution in [3.8, 4) is 11.5 Å². The summed E-state index contributed by atoms with van der Waals surface area (Å²) in [6, 6.07) is 16.7. The fraction of sp³-hybridized carbons (Fsp3) is 0.130. The molecule has 6 nitrogen and oxygen atoms in total. The fourth-order valence-corrected chi connectivity index (χ4v) is 3.37. The molecule has 0 fully saturated rings. The van der Waals surface area contributed by atoms with Crippen LogP contribution < -0.4 is 15.1 Å². The molecule has 0 unspecified atom stereocenters. The molecule has 30 heavy (non-hydrogen) atoms. The SMILES string of the molecule is COc1cc(/C=N/NC(=O)c2ccc3c(c2)CN(c2ccc(F)cc2)C3)ccc1O. The zero-order chi connectivity index (χ0) is 21.1. The van der Waals surface area contributed by atoms with E-state index in [0.717, 1.165) is 16.8 Å². The number of fused-ring (bicyclic) bond motifs is 1. The second-order valence-electron chi connectivity index (χ2n) is 6.95. The van der Waals surface area contributed by atoms with E-state index in [4.69, 9.17) is 4.74 Å². The number of benzene rings is 3. The minimum atomic E-state index is -0.319. The van der Waals surface area contributed by atoms with Crippen LogP contribution in [0.3, 0.4) is 0 Å². The average Bonchev–Trinajstić information content (AvgIpc) is 3.18. The van der Waals surface area contributed by atoms with Crippen LogP contribution in [0, 0.1) is 5.82 Å². The standard InChI is InChI=1S/C23H20FN3O3/c1-30-22-10-15(2-9-21(22)28)12-25-26-23(29)16-3-4-17-13-27(14-18(17)11-16)20-7-5-19(24)6-8-20/h2-12,28H,13-14H2,1H3,(H,26,29)/b25-12+. The lowest BCUT2D eigenvalue weighted by Crippen LogP contribution is -2.18. The lowest BCUT2D eigenvalue weighted by atomic mass is 10.1. The summed E-state index contributed by atoms with van der Waals surface area (Å²) >= 11 is 0. The number of rotatable bonds is 5. The van der Waals surface area contributed by atoms with E-state index in [2.05, 4.69) is 15.4 Å². The van der Waals surface area contributed by atoms with Crippen LogP contribution in [-0.4, -0.2) is 24.3 Å². The van der Waals surface area contributed by atoms with E-state index >= 15 is 0 Å². The van der Waals surface area contributed by atoms with Crippen molar-refractivity contribution < 1.29 is 19.0 Å². The van der Waals surface area contributed by atoms with Crippen molar-refractivity contribution in [3.05, 3.63) is 88.7 Å². The van der Waals surface area contributed by atoms with Crippen LogP contribution in [0.4, 0.5) is 10.1 Å². The Balaban J connectivity index is 1.42. The highest BCUT2D eigenvalue weighted by molar-refractivity contribution is 5.95. The Kier molecular flexibility index (Phi) is 5.34. The number of phenolic OH excluding ortho intramolecular Hbond substituents is 1. The normalized spacial score (nSPS) is 12.8. The number of hydrogen-bond donors (Lipinski definition) is 2. The first-order valence-electron chi connectivity index (χ1n) is 9.36. The summed E-state index contributed by atoms with van der Waals surface area (Å²) in [7, 11) is 1.46. The predicted molar refractivity (Wildman–Crippen MR) is 112 cm³/mol. The topological polar surface area (TPSA) is 74.2 Å². The van der Waals surface area contributed by atoms with Gasteiger partial charge in [0.15, 0.2) is 11.5 Å². The highest BCUT2D eigenvalue weighted by atomic mass is 19.1. The number of methoxy groups -OCH3 is 1. The van der Waals surface area contributed by atoms with Gasteiger partial charge in [-0.05, 0) is 71.3 Å². The van der Waals surface area contributed by atoms with Gasteiger partial charge in [-0.3, -0.25) is 4.79 Å². The van der Waals surface area contributed by atoms with Crippen LogP contribution in [0.25, 0.3) is 0 Å². The molecule has 0 aromatic heterocycles. The number of nitrogens with one attached hydrogen (secondary N) is 1. The summed E-state index contributed by atoms with van der Waals surface area (Å²) in [6.07, 6.45) is 1.48. The third kappa shape index (κ3) is 4.10. The average molecular weight is 405 g/mol. The number of carbonyl (C=O) groups excluding carboxylic acids is 1. The highest BCUT2D eigenvalue weighted by Crippen LogP contribution is 2.29. The van der Waals surface area contributed by atoms with Crippen LogP contribution in [0.15, 0.2) is 65.8 Å². The van der Waals surface area contributed by atoms with Crippen molar-refractivity contribution in [2.75, 3.05) is 12.0 Å². The monoisotopic (exact) mass is 405 g/mol. The van der Waals surface area contributed by atoms with Crippen molar-refractivity contribution in [1.82, 2.24) is 5.43 Å². The van der Waals surface area contributed by atoms with Gasteiger partial charge in [0, 0.05) is 24.3 Å². The highest BCUT2D eigenvalue weighted by Gasteiger charge is 2.20. The second-order valence-corrected chi connectivity index (χ2v) is 6.95. The minimum absolute atomic E-state index is 0.0338. The Bertz CT molecular complexity index is 1110. The molecule has 0 bridgehead atoms. The van der Waals surface area contributed by atoms with Gasteiger partial charge < -0.3 is 14.7 Å². The Morgan fingerprint density at radius 3 is 2.63 bits per heavy atom. The fourth-order valence-electron chi connectivity index (χ4n) is 3.37. The number of phenols is 1. The van der Waals surface area contributed by atoms with Gasteiger partial charge in [-0.1, -0.05) is 6.07 Å². The zero-order valence-electron chi connectivity index (χ0n) is 16.3.